The smallest absolute Gasteiger partial charge is 0.320 e. The van der Waals surface area contributed by atoms with Crippen molar-refractivity contribution in [2.45, 2.75) is 0 Å². The van der Waals surface area contributed by atoms with Gasteiger partial charge in [-0.2, -0.15) is 0 Å². The molecule has 26 heavy (non-hydrogen) atoms. The minimum absolute atomic E-state index is 0.144. The zero-order chi connectivity index (χ0) is 17.9. The SMILES string of the molecule is CN1CCN(C/C=C/CN2CCN(c3cccc4sccc34)CC2)C1=O. The Kier molecular flexibility index (Phi) is 5.13. The Labute approximate surface area is 159 Å². The molecule has 0 saturated carbocycles. The molecule has 2 aliphatic heterocycles. The quantitative estimate of drug-likeness (QED) is 0.758. The van der Waals surface area contributed by atoms with Gasteiger partial charge in [-0.1, -0.05) is 18.2 Å². The second kappa shape index (κ2) is 7.68. The Hall–Kier alpha value is -2.05. The van der Waals surface area contributed by atoms with Crippen LogP contribution in [0, 0.1) is 0 Å². The van der Waals surface area contributed by atoms with Crippen molar-refractivity contribution in [2.24, 2.45) is 0 Å². The normalized spacial score (nSPS) is 19.4. The first-order valence-electron chi connectivity index (χ1n) is 9.31. The van der Waals surface area contributed by atoms with E-state index in [0.717, 1.165) is 52.4 Å². The maximum Gasteiger partial charge on any atom is 0.320 e. The Morgan fingerprint density at radius 2 is 1.81 bits per heavy atom. The van der Waals surface area contributed by atoms with E-state index in [0.29, 0.717) is 0 Å². The number of hydrogen-bond donors (Lipinski definition) is 0. The zero-order valence-electron chi connectivity index (χ0n) is 15.3. The zero-order valence-corrected chi connectivity index (χ0v) is 16.1. The number of rotatable bonds is 5. The highest BCUT2D eigenvalue weighted by Crippen LogP contribution is 2.31. The van der Waals surface area contributed by atoms with Crippen molar-refractivity contribution in [3.63, 3.8) is 0 Å². The number of thiophene rings is 1. The highest BCUT2D eigenvalue weighted by Gasteiger charge is 2.23. The van der Waals surface area contributed by atoms with Crippen molar-refractivity contribution < 1.29 is 4.79 Å². The van der Waals surface area contributed by atoms with Crippen LogP contribution in [0.3, 0.4) is 0 Å². The van der Waals surface area contributed by atoms with E-state index < -0.39 is 0 Å². The topological polar surface area (TPSA) is 30.0 Å². The number of fused-ring (bicyclic) bond motifs is 1. The summed E-state index contributed by atoms with van der Waals surface area (Å²) in [6.07, 6.45) is 4.34. The summed E-state index contributed by atoms with van der Waals surface area (Å²) in [5, 5.41) is 3.56. The largest absolute Gasteiger partial charge is 0.368 e. The number of likely N-dealkylation sites (N-methyl/N-ethyl adjacent to an activating group) is 1. The Morgan fingerprint density at radius 1 is 1.00 bits per heavy atom. The van der Waals surface area contributed by atoms with Gasteiger partial charge in [-0.3, -0.25) is 4.90 Å². The summed E-state index contributed by atoms with van der Waals surface area (Å²) in [5.74, 6) is 0. The van der Waals surface area contributed by atoms with Gasteiger partial charge < -0.3 is 14.7 Å². The summed E-state index contributed by atoms with van der Waals surface area (Å²) in [4.78, 5) is 20.5. The van der Waals surface area contributed by atoms with Gasteiger partial charge in [-0.15, -0.1) is 11.3 Å². The van der Waals surface area contributed by atoms with Crippen LogP contribution in [0.5, 0.6) is 0 Å². The number of carbonyl (C=O) groups excluding carboxylic acids is 1. The molecule has 0 N–H and O–H groups in total. The fourth-order valence-corrected chi connectivity index (χ4v) is 4.53. The fraction of sp³-hybridized carbons (Fsp3) is 0.450. The third-order valence-electron chi connectivity index (χ3n) is 5.34. The van der Waals surface area contributed by atoms with Gasteiger partial charge in [0.25, 0.3) is 0 Å². The molecule has 1 aromatic carbocycles. The van der Waals surface area contributed by atoms with Gasteiger partial charge in [-0.05, 0) is 23.6 Å². The number of hydrogen-bond acceptors (Lipinski definition) is 4. The van der Waals surface area contributed by atoms with Crippen LogP contribution in [0.4, 0.5) is 10.5 Å². The number of carbonyl (C=O) groups is 1. The summed E-state index contributed by atoms with van der Waals surface area (Å²) in [6, 6.07) is 9.00. The van der Waals surface area contributed by atoms with Gasteiger partial charge in [0.05, 0.1) is 0 Å². The van der Waals surface area contributed by atoms with E-state index in [-0.39, 0.29) is 6.03 Å². The van der Waals surface area contributed by atoms with Crippen molar-refractivity contribution in [1.29, 1.82) is 0 Å². The molecule has 138 valence electrons. The summed E-state index contributed by atoms with van der Waals surface area (Å²) in [6.45, 7) is 7.67. The number of amides is 2. The van der Waals surface area contributed by atoms with Crippen LogP contribution in [-0.2, 0) is 0 Å². The maximum absolute atomic E-state index is 11.8. The van der Waals surface area contributed by atoms with Crippen LogP contribution < -0.4 is 4.90 Å². The number of anilines is 1. The van der Waals surface area contributed by atoms with Crippen LogP contribution >= 0.6 is 11.3 Å². The number of urea groups is 1. The molecule has 2 amide bonds. The van der Waals surface area contributed by atoms with E-state index in [4.69, 9.17) is 0 Å². The van der Waals surface area contributed by atoms with Gasteiger partial charge >= 0.3 is 6.03 Å². The molecule has 5 nitrogen and oxygen atoms in total. The molecule has 1 aromatic heterocycles. The molecular weight excluding hydrogens is 344 g/mol. The molecule has 0 bridgehead atoms. The minimum atomic E-state index is 0.144. The van der Waals surface area contributed by atoms with Crippen LogP contribution in [0.15, 0.2) is 41.8 Å². The molecule has 0 spiro atoms. The first-order valence-corrected chi connectivity index (χ1v) is 10.2. The van der Waals surface area contributed by atoms with Gasteiger partial charge in [0, 0.05) is 75.2 Å². The van der Waals surface area contributed by atoms with Crippen LogP contribution in [-0.4, -0.2) is 80.1 Å². The van der Waals surface area contributed by atoms with Gasteiger partial charge in [0.1, 0.15) is 0 Å². The van der Waals surface area contributed by atoms with Crippen molar-refractivity contribution in [3.8, 4) is 0 Å². The third-order valence-corrected chi connectivity index (χ3v) is 6.23. The fourth-order valence-electron chi connectivity index (χ4n) is 3.72. The summed E-state index contributed by atoms with van der Waals surface area (Å²) in [5.41, 5.74) is 1.37. The molecule has 0 unspecified atom stereocenters. The predicted molar refractivity (Wildman–Crippen MR) is 109 cm³/mol. The summed E-state index contributed by atoms with van der Waals surface area (Å²) in [7, 11) is 1.86. The number of nitrogens with zero attached hydrogens (tertiary/aromatic N) is 4. The molecule has 0 atom stereocenters. The van der Waals surface area contributed by atoms with E-state index in [1.54, 1.807) is 4.90 Å². The van der Waals surface area contributed by atoms with Gasteiger partial charge in [0.15, 0.2) is 0 Å². The number of benzene rings is 1. The molecule has 0 aliphatic carbocycles. The molecule has 3 heterocycles. The van der Waals surface area contributed by atoms with Gasteiger partial charge in [0.2, 0.25) is 0 Å². The number of piperazine rings is 1. The first-order chi connectivity index (χ1) is 12.7. The molecule has 6 heteroatoms. The first kappa shape index (κ1) is 17.4. The van der Waals surface area contributed by atoms with Crippen LogP contribution in [0.1, 0.15) is 0 Å². The lowest BCUT2D eigenvalue weighted by Gasteiger charge is -2.36. The van der Waals surface area contributed by atoms with Crippen LogP contribution in [0.25, 0.3) is 10.1 Å². The Morgan fingerprint density at radius 3 is 2.58 bits per heavy atom. The standard InChI is InChI=1S/C20H26N4OS/c1-21-10-13-24(20(21)25)9-3-2-8-22-11-14-23(15-12-22)18-5-4-6-19-17(18)7-16-26-19/h2-7,16H,8-15H2,1H3/b3-2+. The van der Waals surface area contributed by atoms with Gasteiger partial charge in [-0.25, -0.2) is 4.79 Å². The molecule has 2 fully saturated rings. The Balaban J connectivity index is 1.26. The van der Waals surface area contributed by atoms with Crippen LogP contribution in [0.2, 0.25) is 0 Å². The van der Waals surface area contributed by atoms with E-state index in [1.165, 1.54) is 15.8 Å². The van der Waals surface area contributed by atoms with Crippen molar-refractivity contribution in [2.75, 3.05) is 64.3 Å². The molecular formula is C20H26N4OS. The lowest BCUT2D eigenvalue weighted by atomic mass is 10.2. The highest BCUT2D eigenvalue weighted by atomic mass is 32.1. The lowest BCUT2D eigenvalue weighted by molar-refractivity contribution is 0.202. The average molecular weight is 371 g/mol. The summed E-state index contributed by atoms with van der Waals surface area (Å²) < 4.78 is 1.37. The molecule has 4 rings (SSSR count). The lowest BCUT2D eigenvalue weighted by Crippen LogP contribution is -2.46. The Bertz CT molecular complexity index is 794. The maximum atomic E-state index is 11.8. The predicted octanol–water partition coefficient (Wildman–Crippen LogP) is 2.95. The minimum Gasteiger partial charge on any atom is -0.368 e. The molecule has 0 radical (unpaired) electrons. The summed E-state index contributed by atoms with van der Waals surface area (Å²) >= 11 is 1.81. The van der Waals surface area contributed by atoms with E-state index in [9.17, 15) is 4.79 Å². The van der Waals surface area contributed by atoms with E-state index >= 15 is 0 Å². The van der Waals surface area contributed by atoms with Crippen molar-refractivity contribution in [3.05, 3.63) is 41.8 Å². The third kappa shape index (κ3) is 3.57. The van der Waals surface area contributed by atoms with Crippen molar-refractivity contribution >= 4 is 33.1 Å². The second-order valence-electron chi connectivity index (χ2n) is 7.02. The van der Waals surface area contributed by atoms with E-state index in [2.05, 4.69) is 51.6 Å². The second-order valence-corrected chi connectivity index (χ2v) is 7.97. The molecule has 2 saturated heterocycles. The molecule has 2 aromatic rings. The molecule has 2 aliphatic rings. The highest BCUT2D eigenvalue weighted by molar-refractivity contribution is 7.17. The van der Waals surface area contributed by atoms with E-state index in [1.807, 2.05) is 23.3 Å². The van der Waals surface area contributed by atoms with Crippen molar-refractivity contribution in [1.82, 2.24) is 14.7 Å². The average Bonchev–Trinajstić information content (AvgIpc) is 3.27. The monoisotopic (exact) mass is 370 g/mol.